The first-order valence-electron chi connectivity index (χ1n) is 19.9. The van der Waals surface area contributed by atoms with Gasteiger partial charge in [0.25, 0.3) is 0 Å². The number of anilines is 1. The molecular weight excluding hydrogens is 935 g/mol. The van der Waals surface area contributed by atoms with Crippen molar-refractivity contribution in [3.63, 3.8) is 0 Å². The average molecular weight is 971 g/mol. The van der Waals surface area contributed by atoms with Crippen LogP contribution in [0, 0.1) is 0 Å². The molecule has 2 heterocycles. The highest BCUT2D eigenvalue weighted by molar-refractivity contribution is 7.86. The molecule has 6 aromatic carbocycles. The first-order chi connectivity index (χ1) is 32.1. The highest BCUT2D eigenvalue weighted by atomic mass is 32.2. The minimum atomic E-state index is -6.09. The lowest BCUT2D eigenvalue weighted by Crippen LogP contribution is -2.36. The molecule has 0 aliphatic carbocycles. The predicted molar refractivity (Wildman–Crippen MR) is 243 cm³/mol. The van der Waals surface area contributed by atoms with Crippen LogP contribution in [-0.4, -0.2) is 42.9 Å². The zero-order valence-corrected chi connectivity index (χ0v) is 36.9. The van der Waals surface area contributed by atoms with Crippen LogP contribution in [0.25, 0.3) is 73.1 Å². The van der Waals surface area contributed by atoms with E-state index in [0.29, 0.717) is 0 Å². The van der Waals surface area contributed by atoms with E-state index in [1.807, 2.05) is 60.7 Å². The fraction of sp³-hybridized carbons (Fsp3) is 0.0600. The first kappa shape index (κ1) is 49.9. The SMILES string of the molecule is CC(=O)Nc1ccc(-[n+]2c(-c3ccccc3)cc(-c3ccc(-c4cc(-c5ccccc5)[o+]c(-c5ccccc5)c4)cc3)cc2-c2ccccc2)cc1.O=S(=O)([O-])C(F)(F)F.O=S(=O)([O-])C(F)(F)F. The molecular formula is C50H36F6N2O8S2. The molecule has 0 spiro atoms. The summed E-state index contributed by atoms with van der Waals surface area (Å²) in [6, 6.07) is 67.0. The van der Waals surface area contributed by atoms with Gasteiger partial charge in [-0.05, 0) is 77.4 Å². The Labute approximate surface area is 386 Å². The fourth-order valence-corrected chi connectivity index (χ4v) is 6.59. The van der Waals surface area contributed by atoms with Gasteiger partial charge >= 0.3 is 22.5 Å². The van der Waals surface area contributed by atoms with Gasteiger partial charge in [-0.2, -0.15) is 30.9 Å². The van der Waals surface area contributed by atoms with Crippen LogP contribution in [0.4, 0.5) is 32.0 Å². The second kappa shape index (κ2) is 21.0. The van der Waals surface area contributed by atoms with Crippen LogP contribution < -0.4 is 9.88 Å². The van der Waals surface area contributed by atoms with Crippen LogP contribution >= 0.6 is 0 Å². The third-order valence-corrected chi connectivity index (χ3v) is 10.8. The van der Waals surface area contributed by atoms with Gasteiger partial charge < -0.3 is 14.4 Å². The topological polar surface area (TPSA) is 159 Å². The maximum Gasteiger partial charge on any atom is 0.485 e. The van der Waals surface area contributed by atoms with E-state index < -0.39 is 31.3 Å². The molecule has 18 heteroatoms. The van der Waals surface area contributed by atoms with Crippen molar-refractivity contribution in [2.24, 2.45) is 0 Å². The summed E-state index contributed by atoms with van der Waals surface area (Å²) in [6.45, 7) is 1.52. The van der Waals surface area contributed by atoms with Crippen molar-refractivity contribution in [3.8, 4) is 73.1 Å². The molecule has 0 aliphatic rings. The Morgan fingerprint density at radius 2 is 0.765 bits per heavy atom. The predicted octanol–water partition coefficient (Wildman–Crippen LogP) is 11.9. The maximum atomic E-state index is 11.7. The monoisotopic (exact) mass is 970 g/mol. The van der Waals surface area contributed by atoms with E-state index in [-0.39, 0.29) is 5.91 Å². The van der Waals surface area contributed by atoms with Crippen molar-refractivity contribution >= 4 is 31.8 Å². The van der Waals surface area contributed by atoms with Crippen LogP contribution in [0.1, 0.15) is 6.92 Å². The summed E-state index contributed by atoms with van der Waals surface area (Å²) in [4.78, 5) is 11.7. The lowest BCUT2D eigenvalue weighted by molar-refractivity contribution is -0.572. The van der Waals surface area contributed by atoms with Crippen LogP contribution in [0.2, 0.25) is 0 Å². The molecule has 0 saturated carbocycles. The number of benzene rings is 6. The number of halogens is 6. The Morgan fingerprint density at radius 1 is 0.456 bits per heavy atom. The van der Waals surface area contributed by atoms with E-state index in [1.54, 1.807) is 0 Å². The summed E-state index contributed by atoms with van der Waals surface area (Å²) in [6.07, 6.45) is 0. The molecule has 10 nitrogen and oxygen atoms in total. The van der Waals surface area contributed by atoms with Crippen LogP contribution in [-0.2, 0) is 25.0 Å². The molecule has 8 aromatic rings. The molecule has 8 rings (SSSR count). The third kappa shape index (κ3) is 12.9. The van der Waals surface area contributed by atoms with Crippen molar-refractivity contribution in [3.05, 3.63) is 194 Å². The maximum absolute atomic E-state index is 11.7. The van der Waals surface area contributed by atoms with Gasteiger partial charge in [-0.3, -0.25) is 4.79 Å². The van der Waals surface area contributed by atoms with Gasteiger partial charge in [0.15, 0.2) is 20.2 Å². The summed E-state index contributed by atoms with van der Waals surface area (Å²) in [7, 11) is -12.2. The number of amides is 1. The highest BCUT2D eigenvalue weighted by Crippen LogP contribution is 2.36. The molecule has 0 radical (unpaired) electrons. The number of nitrogens with zero attached hydrogens (tertiary/aromatic N) is 1. The van der Waals surface area contributed by atoms with Crippen molar-refractivity contribution in [1.29, 1.82) is 0 Å². The Morgan fingerprint density at radius 3 is 1.07 bits per heavy atom. The number of alkyl halides is 6. The molecule has 0 aliphatic heterocycles. The second-order valence-corrected chi connectivity index (χ2v) is 17.2. The van der Waals surface area contributed by atoms with Gasteiger partial charge in [-0.15, -0.1) is 0 Å². The number of hydrogen-bond acceptors (Lipinski definition) is 7. The first-order valence-corrected chi connectivity index (χ1v) is 22.7. The minimum absolute atomic E-state index is 0.0961. The van der Waals surface area contributed by atoms with Gasteiger partial charge in [0.1, 0.15) is 0 Å². The number of rotatable bonds is 8. The van der Waals surface area contributed by atoms with E-state index in [9.17, 15) is 31.1 Å². The molecule has 2 aromatic heterocycles. The quantitative estimate of drug-likeness (QED) is 0.0518. The summed E-state index contributed by atoms with van der Waals surface area (Å²) >= 11 is 0. The summed E-state index contributed by atoms with van der Waals surface area (Å²) in [5.74, 6) is 1.54. The summed E-state index contributed by atoms with van der Waals surface area (Å²) in [5.41, 5.74) is 1.22. The van der Waals surface area contributed by atoms with E-state index in [4.69, 9.17) is 30.4 Å². The highest BCUT2D eigenvalue weighted by Gasteiger charge is 2.37. The van der Waals surface area contributed by atoms with Crippen molar-refractivity contribution in [2.45, 2.75) is 17.9 Å². The van der Waals surface area contributed by atoms with Crippen LogP contribution in [0.5, 0.6) is 0 Å². The number of hydrogen-bond donors (Lipinski definition) is 1. The van der Waals surface area contributed by atoms with Crippen LogP contribution in [0.15, 0.2) is 199 Å². The molecule has 0 fully saturated rings. The van der Waals surface area contributed by atoms with E-state index in [0.717, 1.165) is 78.8 Å². The largest absolute Gasteiger partial charge is 0.741 e. The third-order valence-electron chi connectivity index (χ3n) is 9.68. The normalized spacial score (nSPS) is 11.6. The van der Waals surface area contributed by atoms with Crippen LogP contribution in [0.3, 0.4) is 0 Å². The Bertz CT molecular complexity index is 3060. The molecule has 68 heavy (non-hydrogen) atoms. The van der Waals surface area contributed by atoms with Gasteiger partial charge in [0, 0.05) is 53.6 Å². The summed E-state index contributed by atoms with van der Waals surface area (Å²) in [5, 5.41) is 2.89. The Balaban J connectivity index is 0.000000409. The zero-order valence-electron chi connectivity index (χ0n) is 35.3. The second-order valence-electron chi connectivity index (χ2n) is 14.5. The lowest BCUT2D eigenvalue weighted by Gasteiger charge is -2.13. The van der Waals surface area contributed by atoms with Gasteiger partial charge in [-0.1, -0.05) is 97.1 Å². The Kier molecular flexibility index (Phi) is 15.4. The number of carbonyl (C=O) groups is 1. The molecule has 0 atom stereocenters. The minimum Gasteiger partial charge on any atom is -0.741 e. The number of nitrogens with one attached hydrogen (secondary N) is 1. The Hall–Kier alpha value is -7.51. The average Bonchev–Trinajstić information content (AvgIpc) is 3.31. The molecule has 348 valence electrons. The lowest BCUT2D eigenvalue weighted by atomic mass is 9.96. The summed E-state index contributed by atoms with van der Waals surface area (Å²) < 4.78 is 127. The zero-order chi connectivity index (χ0) is 49.3. The molecule has 0 unspecified atom stereocenters. The van der Waals surface area contributed by atoms with Gasteiger partial charge in [0.2, 0.25) is 23.0 Å². The molecule has 1 N–H and O–H groups in total. The smallest absolute Gasteiger partial charge is 0.485 e. The van der Waals surface area contributed by atoms with E-state index >= 15 is 0 Å². The van der Waals surface area contributed by atoms with Crippen molar-refractivity contribution in [1.82, 2.24) is 0 Å². The molecule has 1 amide bonds. The van der Waals surface area contributed by atoms with Gasteiger partial charge in [0.05, 0.1) is 23.3 Å². The number of carbonyl (C=O) groups excluding carboxylic acids is 1. The molecule has 0 bridgehead atoms. The van der Waals surface area contributed by atoms with Crippen molar-refractivity contribution in [2.75, 3.05) is 5.32 Å². The molecule has 0 saturated heterocycles. The standard InChI is InChI=1S/C48H35N2O2.2CHF3O3S/c1-34(51)49-43-26-28-44(29-27-43)50-45(37-14-6-2-7-15-37)30-41(31-46(50)38-16-8-3-9-17-38)35-22-24-36(25-23-35)42-32-47(39-18-10-4-11-19-39)52-48(33-42)40-20-12-5-13-21-40;2*2-1(3,4)8(5,6)7/h2-33H,1H3;2*(H,5,6,7)/q+1;;/p-1. The van der Waals surface area contributed by atoms with E-state index in [2.05, 4.69) is 143 Å². The number of pyridine rings is 1. The fourth-order valence-electron chi connectivity index (χ4n) is 6.59. The number of aromatic nitrogens is 1. The van der Waals surface area contributed by atoms with Gasteiger partial charge in [-0.25, -0.2) is 21.3 Å². The van der Waals surface area contributed by atoms with Crippen molar-refractivity contribution < 1.29 is 66.1 Å². The van der Waals surface area contributed by atoms with E-state index in [1.165, 1.54) is 6.92 Å².